The Morgan fingerprint density at radius 2 is 2.31 bits per heavy atom. The van der Waals surface area contributed by atoms with Crippen molar-refractivity contribution in [2.24, 2.45) is 0 Å². The molecule has 0 aliphatic heterocycles. The molecule has 0 amide bonds. The van der Waals surface area contributed by atoms with Gasteiger partial charge in [0, 0.05) is 24.0 Å². The first kappa shape index (κ1) is 10.5. The minimum Gasteiger partial charge on any atom is -0.398 e. The van der Waals surface area contributed by atoms with Crippen LogP contribution in [0.1, 0.15) is 11.1 Å². The molecule has 2 heterocycles. The number of alkyl halides is 1. The number of nitriles is 1. The Labute approximate surface area is 97.1 Å². The topological polar surface area (TPSA) is 80.5 Å². The Kier molecular flexibility index (Phi) is 2.75. The highest BCUT2D eigenvalue weighted by atomic mass is 35.5. The number of rotatable bonds is 2. The van der Waals surface area contributed by atoms with Crippen LogP contribution in [-0.2, 0) is 5.88 Å². The fourth-order valence-corrected chi connectivity index (χ4v) is 1.37. The molecular weight excluding hydrogens is 226 g/mol. The molecule has 2 N–H and O–H groups in total. The standard InChI is InChI=1S/C10H8ClN5/c11-2-7-4-15-16(6-7)10-1-9(13)8(3-12)5-14-10/h1,4-6H,2H2,(H2,13,14). The number of hydrogen-bond acceptors (Lipinski definition) is 4. The molecule has 0 aromatic carbocycles. The number of nitrogens with two attached hydrogens (primary N) is 1. The van der Waals surface area contributed by atoms with Gasteiger partial charge in [-0.05, 0) is 0 Å². The number of hydrogen-bond donors (Lipinski definition) is 1. The molecule has 2 aromatic rings. The summed E-state index contributed by atoms with van der Waals surface area (Å²) >= 11 is 5.67. The van der Waals surface area contributed by atoms with Crippen LogP contribution in [0.15, 0.2) is 24.7 Å². The highest BCUT2D eigenvalue weighted by Gasteiger charge is 2.04. The van der Waals surface area contributed by atoms with Crippen LogP contribution in [0.25, 0.3) is 5.82 Å². The molecule has 0 bridgehead atoms. The number of pyridine rings is 1. The zero-order valence-corrected chi connectivity index (χ0v) is 9.02. The van der Waals surface area contributed by atoms with Crippen molar-refractivity contribution in [1.82, 2.24) is 14.8 Å². The summed E-state index contributed by atoms with van der Waals surface area (Å²) in [6.45, 7) is 0. The first-order valence-electron chi connectivity index (χ1n) is 4.50. The summed E-state index contributed by atoms with van der Waals surface area (Å²) in [6, 6.07) is 3.55. The minimum absolute atomic E-state index is 0.355. The van der Waals surface area contributed by atoms with Gasteiger partial charge in [0.1, 0.15) is 6.07 Å². The Morgan fingerprint density at radius 1 is 1.50 bits per heavy atom. The molecule has 80 valence electrons. The van der Waals surface area contributed by atoms with Crippen molar-refractivity contribution in [2.45, 2.75) is 5.88 Å². The van der Waals surface area contributed by atoms with Crippen LogP contribution in [0, 0.1) is 11.3 Å². The Hall–Kier alpha value is -2.06. The molecule has 0 unspecified atom stereocenters. The van der Waals surface area contributed by atoms with Crippen LogP contribution < -0.4 is 5.73 Å². The molecular formula is C10H8ClN5. The summed E-state index contributed by atoms with van der Waals surface area (Å²) in [7, 11) is 0. The maximum absolute atomic E-state index is 8.71. The number of aromatic nitrogens is 3. The number of nitrogen functional groups attached to an aromatic ring is 1. The van der Waals surface area contributed by atoms with E-state index in [1.54, 1.807) is 23.1 Å². The highest BCUT2D eigenvalue weighted by Crippen LogP contribution is 2.14. The van der Waals surface area contributed by atoms with Crippen molar-refractivity contribution in [3.05, 3.63) is 35.8 Å². The fraction of sp³-hybridized carbons (Fsp3) is 0.100. The van der Waals surface area contributed by atoms with Gasteiger partial charge >= 0.3 is 0 Å². The summed E-state index contributed by atoms with van der Waals surface area (Å²) in [5.41, 5.74) is 7.31. The molecule has 16 heavy (non-hydrogen) atoms. The SMILES string of the molecule is N#Cc1cnc(-n2cc(CCl)cn2)cc1N. The van der Waals surface area contributed by atoms with E-state index in [-0.39, 0.29) is 0 Å². The summed E-state index contributed by atoms with van der Waals surface area (Å²) < 4.78 is 1.56. The van der Waals surface area contributed by atoms with E-state index in [1.807, 2.05) is 6.07 Å². The summed E-state index contributed by atoms with van der Waals surface area (Å²) in [6.07, 6.45) is 4.84. The van der Waals surface area contributed by atoms with Crippen LogP contribution in [0.2, 0.25) is 0 Å². The van der Waals surface area contributed by atoms with Crippen molar-refractivity contribution in [2.75, 3.05) is 5.73 Å². The van der Waals surface area contributed by atoms with Crippen molar-refractivity contribution in [1.29, 1.82) is 5.26 Å². The molecule has 0 spiro atoms. The van der Waals surface area contributed by atoms with E-state index in [2.05, 4.69) is 10.1 Å². The van der Waals surface area contributed by atoms with Gasteiger partial charge in [-0.25, -0.2) is 9.67 Å². The molecule has 0 radical (unpaired) electrons. The highest BCUT2D eigenvalue weighted by molar-refractivity contribution is 6.17. The lowest BCUT2D eigenvalue weighted by Crippen LogP contribution is -2.01. The van der Waals surface area contributed by atoms with E-state index in [0.717, 1.165) is 5.56 Å². The Bertz CT molecular complexity index is 555. The molecule has 0 aliphatic rings. The lowest BCUT2D eigenvalue weighted by molar-refractivity contribution is 0.846. The normalized spacial score (nSPS) is 10.0. The number of nitrogens with zero attached hydrogens (tertiary/aromatic N) is 4. The quantitative estimate of drug-likeness (QED) is 0.797. The van der Waals surface area contributed by atoms with Gasteiger partial charge in [-0.1, -0.05) is 0 Å². The number of anilines is 1. The van der Waals surface area contributed by atoms with Crippen LogP contribution in [-0.4, -0.2) is 14.8 Å². The molecule has 2 rings (SSSR count). The van der Waals surface area contributed by atoms with Crippen LogP contribution in [0.3, 0.4) is 0 Å². The van der Waals surface area contributed by atoms with E-state index in [4.69, 9.17) is 22.6 Å². The minimum atomic E-state index is 0.355. The average Bonchev–Trinajstić information content (AvgIpc) is 2.77. The number of halogens is 1. The summed E-state index contributed by atoms with van der Waals surface area (Å²) in [5, 5.41) is 12.8. The van der Waals surface area contributed by atoms with Crippen molar-refractivity contribution in [3.8, 4) is 11.9 Å². The predicted octanol–water partition coefficient (Wildman–Crippen LogP) is 1.46. The molecule has 0 atom stereocenters. The van der Waals surface area contributed by atoms with Crippen molar-refractivity contribution in [3.63, 3.8) is 0 Å². The third-order valence-corrected chi connectivity index (χ3v) is 2.38. The van der Waals surface area contributed by atoms with E-state index < -0.39 is 0 Å². The summed E-state index contributed by atoms with van der Waals surface area (Å²) in [5.74, 6) is 0.957. The third-order valence-electron chi connectivity index (χ3n) is 2.07. The molecule has 5 nitrogen and oxygen atoms in total. The lowest BCUT2D eigenvalue weighted by atomic mass is 10.2. The zero-order chi connectivity index (χ0) is 11.5. The molecule has 0 saturated heterocycles. The van der Waals surface area contributed by atoms with Gasteiger partial charge in [-0.2, -0.15) is 10.4 Å². The Morgan fingerprint density at radius 3 is 2.88 bits per heavy atom. The van der Waals surface area contributed by atoms with E-state index in [9.17, 15) is 0 Å². The van der Waals surface area contributed by atoms with Gasteiger partial charge in [-0.3, -0.25) is 0 Å². The maximum Gasteiger partial charge on any atom is 0.155 e. The zero-order valence-electron chi connectivity index (χ0n) is 8.26. The van der Waals surface area contributed by atoms with Gasteiger partial charge in [0.15, 0.2) is 5.82 Å². The molecule has 2 aromatic heterocycles. The predicted molar refractivity (Wildman–Crippen MR) is 60.0 cm³/mol. The molecule has 6 heteroatoms. The molecule has 0 saturated carbocycles. The monoisotopic (exact) mass is 233 g/mol. The maximum atomic E-state index is 8.71. The fourth-order valence-electron chi connectivity index (χ4n) is 1.23. The first-order valence-corrected chi connectivity index (χ1v) is 5.03. The second-order valence-corrected chi connectivity index (χ2v) is 3.44. The largest absolute Gasteiger partial charge is 0.398 e. The lowest BCUT2D eigenvalue weighted by Gasteiger charge is -2.02. The molecule has 0 fully saturated rings. The van der Waals surface area contributed by atoms with E-state index >= 15 is 0 Å². The smallest absolute Gasteiger partial charge is 0.155 e. The van der Waals surface area contributed by atoms with E-state index in [1.165, 1.54) is 6.20 Å². The van der Waals surface area contributed by atoms with Gasteiger partial charge < -0.3 is 5.73 Å². The Balaban J connectivity index is 2.42. The van der Waals surface area contributed by atoms with Gasteiger partial charge in [-0.15, -0.1) is 11.6 Å². The van der Waals surface area contributed by atoms with Gasteiger partial charge in [0.05, 0.1) is 23.3 Å². The second kappa shape index (κ2) is 4.21. The van der Waals surface area contributed by atoms with Gasteiger partial charge in [0.25, 0.3) is 0 Å². The van der Waals surface area contributed by atoms with Crippen LogP contribution in [0.4, 0.5) is 5.69 Å². The first-order chi connectivity index (χ1) is 7.74. The van der Waals surface area contributed by atoms with Crippen molar-refractivity contribution >= 4 is 17.3 Å². The van der Waals surface area contributed by atoms with Crippen LogP contribution in [0.5, 0.6) is 0 Å². The van der Waals surface area contributed by atoms with Gasteiger partial charge in [0.2, 0.25) is 0 Å². The summed E-state index contributed by atoms with van der Waals surface area (Å²) in [4.78, 5) is 4.08. The molecule has 0 aliphatic carbocycles. The van der Waals surface area contributed by atoms with E-state index in [0.29, 0.717) is 22.9 Å². The second-order valence-electron chi connectivity index (χ2n) is 3.17. The van der Waals surface area contributed by atoms with Crippen LogP contribution >= 0.6 is 11.6 Å². The third kappa shape index (κ3) is 1.83. The average molecular weight is 234 g/mol. The van der Waals surface area contributed by atoms with Crippen molar-refractivity contribution < 1.29 is 0 Å².